The van der Waals surface area contributed by atoms with Crippen LogP contribution in [0.15, 0.2) is 47.0 Å². The average molecular weight is 217 g/mol. The molecule has 0 aliphatic heterocycles. The molecule has 0 unspecified atom stereocenters. The number of carbonyl (C=O) groups excluding carboxylic acids is 1. The molecule has 0 bridgehead atoms. The zero-order chi connectivity index (χ0) is 10.5. The molecule has 0 amide bonds. The first-order valence-corrected chi connectivity index (χ1v) is 5.05. The van der Waals surface area contributed by atoms with E-state index in [1.807, 2.05) is 12.1 Å². The van der Waals surface area contributed by atoms with Crippen LogP contribution in [0, 0.1) is 0 Å². The Hall–Kier alpha value is -1.75. The van der Waals surface area contributed by atoms with Crippen molar-refractivity contribution in [2.45, 2.75) is 10.1 Å². The molecule has 0 saturated carbocycles. The van der Waals surface area contributed by atoms with Crippen LogP contribution in [0.3, 0.4) is 0 Å². The molecule has 0 aliphatic rings. The molecule has 0 N–H and O–H groups in total. The van der Waals surface area contributed by atoms with Crippen molar-refractivity contribution in [1.29, 1.82) is 0 Å². The van der Waals surface area contributed by atoms with Crippen LogP contribution >= 0.6 is 11.8 Å². The van der Waals surface area contributed by atoms with Gasteiger partial charge in [-0.05, 0) is 23.9 Å². The molecule has 0 aliphatic carbocycles. The van der Waals surface area contributed by atoms with Gasteiger partial charge in [-0.15, -0.1) is 0 Å². The smallest absolute Gasteiger partial charge is 0.192 e. The van der Waals surface area contributed by atoms with Crippen LogP contribution in [0.1, 0.15) is 10.4 Å². The Morgan fingerprint density at radius 3 is 2.40 bits per heavy atom. The lowest BCUT2D eigenvalue weighted by atomic mass is 10.4. The molecule has 0 aromatic carbocycles. The first-order chi connectivity index (χ1) is 7.38. The monoisotopic (exact) mass is 217 g/mol. The van der Waals surface area contributed by atoms with Gasteiger partial charge in [0.15, 0.2) is 11.4 Å². The number of hydrogen-bond acceptors (Lipinski definition) is 5. The third-order valence-electron chi connectivity index (χ3n) is 1.64. The van der Waals surface area contributed by atoms with Crippen LogP contribution in [0.5, 0.6) is 0 Å². The summed E-state index contributed by atoms with van der Waals surface area (Å²) in [6, 6.07) is 3.75. The Bertz CT molecular complexity index is 444. The fourth-order valence-electron chi connectivity index (χ4n) is 0.951. The molecule has 0 fully saturated rings. The van der Waals surface area contributed by atoms with E-state index in [-0.39, 0.29) is 0 Å². The van der Waals surface area contributed by atoms with E-state index in [1.165, 1.54) is 24.2 Å². The molecule has 5 heteroatoms. The van der Waals surface area contributed by atoms with E-state index >= 15 is 0 Å². The minimum Gasteiger partial charge on any atom is -0.298 e. The highest BCUT2D eigenvalue weighted by molar-refractivity contribution is 7.99. The molecule has 2 heterocycles. The van der Waals surface area contributed by atoms with Crippen molar-refractivity contribution in [2.24, 2.45) is 0 Å². The van der Waals surface area contributed by atoms with E-state index in [1.54, 1.807) is 12.4 Å². The zero-order valence-corrected chi connectivity index (χ0v) is 8.52. The van der Waals surface area contributed by atoms with Crippen molar-refractivity contribution in [3.05, 3.63) is 42.5 Å². The van der Waals surface area contributed by atoms with Crippen molar-refractivity contribution < 1.29 is 4.79 Å². The van der Waals surface area contributed by atoms with Crippen molar-refractivity contribution in [2.75, 3.05) is 0 Å². The standard InChI is InChI=1S/C10H7N3OS/c14-7-8-5-12-10(13-6-8)15-9-1-3-11-4-2-9/h1-7H. The maximum atomic E-state index is 10.4. The number of rotatable bonds is 3. The Morgan fingerprint density at radius 2 is 1.80 bits per heavy atom. The second-order valence-electron chi connectivity index (χ2n) is 2.70. The lowest BCUT2D eigenvalue weighted by Gasteiger charge is -1.98. The highest BCUT2D eigenvalue weighted by Crippen LogP contribution is 2.22. The van der Waals surface area contributed by atoms with Crippen LogP contribution in [0.25, 0.3) is 0 Å². The van der Waals surface area contributed by atoms with E-state index in [0.29, 0.717) is 10.7 Å². The van der Waals surface area contributed by atoms with Crippen molar-refractivity contribution in [1.82, 2.24) is 15.0 Å². The Balaban J connectivity index is 2.15. The Kier molecular flexibility index (Phi) is 3.04. The quantitative estimate of drug-likeness (QED) is 0.580. The molecule has 0 atom stereocenters. The largest absolute Gasteiger partial charge is 0.298 e. The maximum absolute atomic E-state index is 10.4. The normalized spacial score (nSPS) is 9.87. The van der Waals surface area contributed by atoms with Gasteiger partial charge in [-0.25, -0.2) is 9.97 Å². The summed E-state index contributed by atoms with van der Waals surface area (Å²) in [6.45, 7) is 0. The summed E-state index contributed by atoms with van der Waals surface area (Å²) in [5, 5.41) is 0.617. The van der Waals surface area contributed by atoms with E-state index < -0.39 is 0 Å². The molecule has 4 nitrogen and oxygen atoms in total. The fraction of sp³-hybridized carbons (Fsp3) is 0. The second kappa shape index (κ2) is 4.65. The minimum atomic E-state index is 0.481. The van der Waals surface area contributed by atoms with E-state index in [0.717, 1.165) is 11.2 Å². The predicted octanol–water partition coefficient (Wildman–Crippen LogP) is 1.84. The third kappa shape index (κ3) is 2.60. The van der Waals surface area contributed by atoms with Crippen LogP contribution in [0.2, 0.25) is 0 Å². The number of aromatic nitrogens is 3. The first kappa shape index (κ1) is 9.79. The lowest BCUT2D eigenvalue weighted by Crippen LogP contribution is -1.88. The lowest BCUT2D eigenvalue weighted by molar-refractivity contribution is 0.112. The summed E-state index contributed by atoms with van der Waals surface area (Å²) >= 11 is 1.43. The molecule has 0 radical (unpaired) electrons. The molecular weight excluding hydrogens is 210 g/mol. The number of aldehydes is 1. The van der Waals surface area contributed by atoms with Crippen LogP contribution in [0.4, 0.5) is 0 Å². The number of pyridine rings is 1. The van der Waals surface area contributed by atoms with E-state index in [9.17, 15) is 4.79 Å². The van der Waals surface area contributed by atoms with Crippen molar-refractivity contribution in [3.8, 4) is 0 Å². The van der Waals surface area contributed by atoms with Crippen LogP contribution < -0.4 is 0 Å². The second-order valence-corrected chi connectivity index (χ2v) is 3.74. The van der Waals surface area contributed by atoms with Gasteiger partial charge in [-0.1, -0.05) is 0 Å². The fourth-order valence-corrected chi connectivity index (χ4v) is 1.63. The molecule has 2 aromatic rings. The van der Waals surface area contributed by atoms with Gasteiger partial charge in [-0.3, -0.25) is 9.78 Å². The molecule has 2 rings (SSSR count). The van der Waals surface area contributed by atoms with E-state index in [2.05, 4.69) is 15.0 Å². The SMILES string of the molecule is O=Cc1cnc(Sc2ccncc2)nc1. The van der Waals surface area contributed by atoms with Gasteiger partial charge in [0, 0.05) is 29.7 Å². The maximum Gasteiger partial charge on any atom is 0.192 e. The molecule has 0 saturated heterocycles. The number of nitrogens with zero attached hydrogens (tertiary/aromatic N) is 3. The third-order valence-corrected chi connectivity index (χ3v) is 2.54. The van der Waals surface area contributed by atoms with Gasteiger partial charge in [-0.2, -0.15) is 0 Å². The molecule has 2 aromatic heterocycles. The average Bonchev–Trinajstić information content (AvgIpc) is 2.31. The van der Waals surface area contributed by atoms with Crippen LogP contribution in [-0.2, 0) is 0 Å². The highest BCUT2D eigenvalue weighted by Gasteiger charge is 1.99. The molecule has 0 spiro atoms. The molecule has 74 valence electrons. The van der Waals surface area contributed by atoms with Crippen molar-refractivity contribution in [3.63, 3.8) is 0 Å². The summed E-state index contributed by atoms with van der Waals surface area (Å²) in [7, 11) is 0. The van der Waals surface area contributed by atoms with Gasteiger partial charge in [0.25, 0.3) is 0 Å². The van der Waals surface area contributed by atoms with Gasteiger partial charge in [0.05, 0.1) is 5.56 Å². The first-order valence-electron chi connectivity index (χ1n) is 4.23. The van der Waals surface area contributed by atoms with Gasteiger partial charge < -0.3 is 0 Å². The van der Waals surface area contributed by atoms with Gasteiger partial charge in [0.1, 0.15) is 0 Å². The highest BCUT2D eigenvalue weighted by atomic mass is 32.2. The summed E-state index contributed by atoms with van der Waals surface area (Å²) in [5.41, 5.74) is 0.481. The van der Waals surface area contributed by atoms with Gasteiger partial charge >= 0.3 is 0 Å². The van der Waals surface area contributed by atoms with Crippen LogP contribution in [-0.4, -0.2) is 21.2 Å². The van der Waals surface area contributed by atoms with E-state index in [4.69, 9.17) is 0 Å². The summed E-state index contributed by atoms with van der Waals surface area (Å²) in [4.78, 5) is 23.4. The summed E-state index contributed by atoms with van der Waals surface area (Å²) < 4.78 is 0. The summed E-state index contributed by atoms with van der Waals surface area (Å²) in [6.07, 6.45) is 7.15. The minimum absolute atomic E-state index is 0.481. The predicted molar refractivity (Wildman–Crippen MR) is 55.8 cm³/mol. The van der Waals surface area contributed by atoms with Crippen molar-refractivity contribution >= 4 is 18.0 Å². The molecule has 15 heavy (non-hydrogen) atoms. The summed E-state index contributed by atoms with van der Waals surface area (Å²) in [5.74, 6) is 0. The topological polar surface area (TPSA) is 55.7 Å². The Morgan fingerprint density at radius 1 is 1.13 bits per heavy atom. The molecular formula is C10H7N3OS. The zero-order valence-electron chi connectivity index (χ0n) is 7.70. The van der Waals surface area contributed by atoms with Gasteiger partial charge in [0.2, 0.25) is 0 Å². The number of carbonyl (C=O) groups is 1. The Labute approximate surface area is 90.8 Å². The number of hydrogen-bond donors (Lipinski definition) is 0.